The van der Waals surface area contributed by atoms with Gasteiger partial charge >= 0.3 is 0 Å². The number of carbonyl (C=O) groups excluding carboxylic acids is 1. The number of aromatic nitrogens is 2. The zero-order chi connectivity index (χ0) is 12.7. The molecule has 0 unspecified atom stereocenters. The van der Waals surface area contributed by atoms with Gasteiger partial charge in [-0.15, -0.1) is 0 Å². The van der Waals surface area contributed by atoms with Gasteiger partial charge in [0.15, 0.2) is 0 Å². The highest BCUT2D eigenvalue weighted by molar-refractivity contribution is 5.78. The number of nitrogens with zero attached hydrogens (tertiary/aromatic N) is 3. The molecule has 6 nitrogen and oxygen atoms in total. The van der Waals surface area contributed by atoms with Crippen LogP contribution in [0.1, 0.15) is 18.9 Å². The van der Waals surface area contributed by atoms with Gasteiger partial charge in [-0.2, -0.15) is 0 Å². The van der Waals surface area contributed by atoms with Gasteiger partial charge in [-0.25, -0.2) is 9.97 Å². The minimum absolute atomic E-state index is 0.118. The second-order valence-corrected chi connectivity index (χ2v) is 3.89. The van der Waals surface area contributed by atoms with Crippen LogP contribution in [-0.2, 0) is 11.3 Å². The van der Waals surface area contributed by atoms with Crippen molar-refractivity contribution in [3.63, 3.8) is 0 Å². The highest BCUT2D eigenvalue weighted by atomic mass is 16.1. The first-order chi connectivity index (χ1) is 8.13. The minimum atomic E-state index is -0.398. The van der Waals surface area contributed by atoms with Crippen molar-refractivity contribution < 1.29 is 4.79 Å². The van der Waals surface area contributed by atoms with Crippen molar-refractivity contribution in [2.75, 3.05) is 25.0 Å². The summed E-state index contributed by atoms with van der Waals surface area (Å²) >= 11 is 0. The van der Waals surface area contributed by atoms with Crippen LogP contribution < -0.4 is 16.0 Å². The van der Waals surface area contributed by atoms with E-state index in [0.717, 1.165) is 25.1 Å². The van der Waals surface area contributed by atoms with Crippen LogP contribution in [0, 0.1) is 0 Å². The Morgan fingerprint density at radius 2 is 2.12 bits per heavy atom. The van der Waals surface area contributed by atoms with Crippen molar-refractivity contribution in [3.05, 3.63) is 18.0 Å². The van der Waals surface area contributed by atoms with Crippen molar-refractivity contribution in [1.29, 1.82) is 0 Å². The van der Waals surface area contributed by atoms with E-state index in [4.69, 9.17) is 5.73 Å². The fraction of sp³-hybridized carbons (Fsp3) is 0.545. The zero-order valence-electron chi connectivity index (χ0n) is 10.3. The van der Waals surface area contributed by atoms with Gasteiger partial charge in [-0.05, 0) is 13.0 Å². The van der Waals surface area contributed by atoms with Crippen LogP contribution in [0.25, 0.3) is 0 Å². The summed E-state index contributed by atoms with van der Waals surface area (Å²) in [5.41, 5.74) is 6.12. The number of rotatable bonds is 7. The molecule has 0 bridgehead atoms. The Labute approximate surface area is 101 Å². The van der Waals surface area contributed by atoms with E-state index in [1.165, 1.54) is 0 Å². The molecule has 1 rings (SSSR count). The summed E-state index contributed by atoms with van der Waals surface area (Å²) in [6.45, 7) is 3.97. The topological polar surface area (TPSA) is 84.1 Å². The number of likely N-dealkylation sites (N-methyl/N-ethyl adjacent to an activating group) is 1. The summed E-state index contributed by atoms with van der Waals surface area (Å²) in [5.74, 6) is 0.104. The lowest BCUT2D eigenvalue weighted by Gasteiger charge is -2.14. The molecule has 1 amide bonds. The second-order valence-electron chi connectivity index (χ2n) is 3.89. The molecule has 1 heterocycles. The fourth-order valence-electron chi connectivity index (χ4n) is 1.35. The fourth-order valence-corrected chi connectivity index (χ4v) is 1.35. The van der Waals surface area contributed by atoms with Crippen LogP contribution in [0.4, 0.5) is 5.95 Å². The molecule has 0 spiro atoms. The molecule has 1 aromatic heterocycles. The molecule has 0 atom stereocenters. The lowest BCUT2D eigenvalue weighted by atomic mass is 10.3. The Morgan fingerprint density at radius 3 is 2.65 bits per heavy atom. The maximum Gasteiger partial charge on any atom is 0.237 e. The van der Waals surface area contributed by atoms with E-state index in [-0.39, 0.29) is 6.54 Å². The highest BCUT2D eigenvalue weighted by Crippen LogP contribution is 2.04. The van der Waals surface area contributed by atoms with E-state index in [1.807, 2.05) is 0 Å². The summed E-state index contributed by atoms with van der Waals surface area (Å²) < 4.78 is 0. The molecule has 0 aromatic carbocycles. The van der Waals surface area contributed by atoms with Gasteiger partial charge in [0.05, 0.1) is 6.54 Å². The predicted molar refractivity (Wildman–Crippen MR) is 66.5 cm³/mol. The molecule has 94 valence electrons. The molecule has 0 radical (unpaired) electrons. The van der Waals surface area contributed by atoms with Gasteiger partial charge in [0.25, 0.3) is 0 Å². The Kier molecular flexibility index (Phi) is 5.35. The number of amides is 1. The maximum absolute atomic E-state index is 10.7. The van der Waals surface area contributed by atoms with Crippen molar-refractivity contribution >= 4 is 11.9 Å². The first-order valence-electron chi connectivity index (χ1n) is 5.64. The molecular formula is C11H19N5O. The lowest BCUT2D eigenvalue weighted by molar-refractivity contribution is -0.116. The van der Waals surface area contributed by atoms with E-state index in [9.17, 15) is 4.79 Å². The Hall–Kier alpha value is -1.69. The Morgan fingerprint density at radius 1 is 1.47 bits per heavy atom. The molecule has 0 aliphatic rings. The average molecular weight is 237 g/mol. The molecule has 17 heavy (non-hydrogen) atoms. The summed E-state index contributed by atoms with van der Waals surface area (Å²) in [7, 11) is 1.73. The standard InChI is InChI=1S/C11H19N5O/c1-3-4-13-5-9-6-14-11(15-7-9)16(2)8-10(12)17/h6-7,13H,3-5,8H2,1-2H3,(H2,12,17). The predicted octanol–water partition coefficient (Wildman–Crippen LogP) is -0.102. The summed E-state index contributed by atoms with van der Waals surface area (Å²) in [6, 6.07) is 0. The third-order valence-corrected chi connectivity index (χ3v) is 2.18. The van der Waals surface area contributed by atoms with Crippen molar-refractivity contribution in [2.45, 2.75) is 19.9 Å². The first-order valence-corrected chi connectivity index (χ1v) is 5.64. The van der Waals surface area contributed by atoms with Crippen molar-refractivity contribution in [2.24, 2.45) is 5.73 Å². The van der Waals surface area contributed by atoms with Gasteiger partial charge in [-0.1, -0.05) is 6.92 Å². The number of carbonyl (C=O) groups is 1. The maximum atomic E-state index is 10.7. The van der Waals surface area contributed by atoms with Gasteiger partial charge in [0.1, 0.15) is 0 Å². The molecule has 3 N–H and O–H groups in total. The first kappa shape index (κ1) is 13.4. The zero-order valence-corrected chi connectivity index (χ0v) is 10.3. The summed E-state index contributed by atoms with van der Waals surface area (Å²) in [6.07, 6.45) is 4.60. The SMILES string of the molecule is CCCNCc1cnc(N(C)CC(N)=O)nc1. The molecule has 6 heteroatoms. The molecule has 0 saturated heterocycles. The largest absolute Gasteiger partial charge is 0.368 e. The minimum Gasteiger partial charge on any atom is -0.368 e. The number of hydrogen-bond acceptors (Lipinski definition) is 5. The van der Waals surface area contributed by atoms with E-state index >= 15 is 0 Å². The number of anilines is 1. The van der Waals surface area contributed by atoms with E-state index in [1.54, 1.807) is 24.3 Å². The average Bonchev–Trinajstić information content (AvgIpc) is 2.29. The summed E-state index contributed by atoms with van der Waals surface area (Å²) in [4.78, 5) is 20.7. The summed E-state index contributed by atoms with van der Waals surface area (Å²) in [5, 5.41) is 3.26. The molecule has 1 aromatic rings. The molecule has 0 fully saturated rings. The van der Waals surface area contributed by atoms with Crippen LogP contribution >= 0.6 is 0 Å². The number of nitrogens with one attached hydrogen (secondary N) is 1. The molecule has 0 aliphatic heterocycles. The highest BCUT2D eigenvalue weighted by Gasteiger charge is 2.06. The number of primary amides is 1. The third-order valence-electron chi connectivity index (χ3n) is 2.18. The number of hydrogen-bond donors (Lipinski definition) is 2. The van der Waals surface area contributed by atoms with Gasteiger partial charge in [0, 0.05) is 31.5 Å². The Bertz CT molecular complexity index is 351. The van der Waals surface area contributed by atoms with Crippen LogP contribution in [0.3, 0.4) is 0 Å². The van der Waals surface area contributed by atoms with E-state index in [2.05, 4.69) is 22.2 Å². The molecular weight excluding hydrogens is 218 g/mol. The van der Waals surface area contributed by atoms with Crippen molar-refractivity contribution in [3.8, 4) is 0 Å². The molecule has 0 saturated carbocycles. The lowest BCUT2D eigenvalue weighted by Crippen LogP contribution is -2.31. The number of nitrogens with two attached hydrogens (primary N) is 1. The second kappa shape index (κ2) is 6.80. The normalized spacial score (nSPS) is 10.2. The Balaban J connectivity index is 2.52. The smallest absolute Gasteiger partial charge is 0.237 e. The van der Waals surface area contributed by atoms with E-state index in [0.29, 0.717) is 5.95 Å². The van der Waals surface area contributed by atoms with Crippen molar-refractivity contribution in [1.82, 2.24) is 15.3 Å². The van der Waals surface area contributed by atoms with Gasteiger partial charge in [0.2, 0.25) is 11.9 Å². The van der Waals surface area contributed by atoms with E-state index < -0.39 is 5.91 Å². The quantitative estimate of drug-likeness (QED) is 0.647. The monoisotopic (exact) mass is 237 g/mol. The molecule has 0 aliphatic carbocycles. The third kappa shape index (κ3) is 4.78. The van der Waals surface area contributed by atoms with Crippen LogP contribution in [-0.4, -0.2) is 36.0 Å². The van der Waals surface area contributed by atoms with Gasteiger partial charge in [-0.3, -0.25) is 4.79 Å². The van der Waals surface area contributed by atoms with Crippen LogP contribution in [0.2, 0.25) is 0 Å². The van der Waals surface area contributed by atoms with Gasteiger partial charge < -0.3 is 16.0 Å². The van der Waals surface area contributed by atoms with Crippen LogP contribution in [0.15, 0.2) is 12.4 Å². The van der Waals surface area contributed by atoms with Crippen LogP contribution in [0.5, 0.6) is 0 Å².